The number of hydrogen-bond acceptors (Lipinski definition) is 4. The zero-order valence-corrected chi connectivity index (χ0v) is 11.5. The average molecular weight is 263 g/mol. The van der Waals surface area contributed by atoms with Gasteiger partial charge in [-0.25, -0.2) is 4.79 Å². The Bertz CT molecular complexity index is 427. The van der Waals surface area contributed by atoms with Crippen molar-refractivity contribution in [1.29, 1.82) is 0 Å². The van der Waals surface area contributed by atoms with E-state index >= 15 is 0 Å². The Hall–Kier alpha value is -1.55. The molecule has 1 N–H and O–H groups in total. The van der Waals surface area contributed by atoms with E-state index in [1.807, 2.05) is 25.1 Å². The van der Waals surface area contributed by atoms with Gasteiger partial charge in [-0.3, -0.25) is 0 Å². The fourth-order valence-electron chi connectivity index (χ4n) is 2.28. The third kappa shape index (κ3) is 3.70. The molecule has 0 saturated carbocycles. The third-order valence-electron chi connectivity index (χ3n) is 3.44. The van der Waals surface area contributed by atoms with Crippen LogP contribution in [0.5, 0.6) is 0 Å². The van der Waals surface area contributed by atoms with Gasteiger partial charge in [0.15, 0.2) is 0 Å². The molecule has 2 rings (SSSR count). The van der Waals surface area contributed by atoms with Crippen LogP contribution in [0.2, 0.25) is 0 Å². The first-order valence-corrected chi connectivity index (χ1v) is 6.82. The second-order valence-electron chi connectivity index (χ2n) is 4.86. The largest absolute Gasteiger partial charge is 0.462 e. The smallest absolute Gasteiger partial charge is 0.338 e. The van der Waals surface area contributed by atoms with Crippen LogP contribution in [0.4, 0.5) is 5.69 Å². The summed E-state index contributed by atoms with van der Waals surface area (Å²) in [5.74, 6) is 0.259. The van der Waals surface area contributed by atoms with Gasteiger partial charge in [0.05, 0.1) is 18.8 Å². The molecule has 19 heavy (non-hydrogen) atoms. The lowest BCUT2D eigenvalue weighted by molar-refractivity contribution is 0.0526. The molecule has 2 unspecified atom stereocenters. The number of nitrogens with one attached hydrogen (secondary N) is 1. The van der Waals surface area contributed by atoms with E-state index in [-0.39, 0.29) is 5.97 Å². The van der Waals surface area contributed by atoms with Crippen LogP contribution < -0.4 is 5.32 Å². The van der Waals surface area contributed by atoms with Crippen molar-refractivity contribution in [2.24, 2.45) is 5.92 Å². The van der Waals surface area contributed by atoms with Crippen LogP contribution in [0, 0.1) is 5.92 Å². The van der Waals surface area contributed by atoms with Crippen molar-refractivity contribution < 1.29 is 14.3 Å². The van der Waals surface area contributed by atoms with Crippen molar-refractivity contribution in [3.05, 3.63) is 29.8 Å². The number of anilines is 1. The SMILES string of the molecule is CCOC(=O)c1cccc(NC(C)C2CCOC2)c1. The first-order valence-electron chi connectivity index (χ1n) is 6.82. The molecule has 1 aliphatic heterocycles. The predicted molar refractivity (Wildman–Crippen MR) is 74.4 cm³/mol. The fourth-order valence-corrected chi connectivity index (χ4v) is 2.28. The summed E-state index contributed by atoms with van der Waals surface area (Å²) < 4.78 is 10.4. The third-order valence-corrected chi connectivity index (χ3v) is 3.44. The summed E-state index contributed by atoms with van der Waals surface area (Å²) in [5, 5.41) is 3.43. The molecule has 4 heteroatoms. The molecule has 4 nitrogen and oxygen atoms in total. The van der Waals surface area contributed by atoms with Crippen LogP contribution in [0.15, 0.2) is 24.3 Å². The van der Waals surface area contributed by atoms with Gasteiger partial charge in [-0.15, -0.1) is 0 Å². The highest BCUT2D eigenvalue weighted by Gasteiger charge is 2.22. The Morgan fingerprint density at radius 1 is 1.58 bits per heavy atom. The van der Waals surface area contributed by atoms with Crippen molar-refractivity contribution >= 4 is 11.7 Å². The van der Waals surface area contributed by atoms with Crippen molar-refractivity contribution in [3.63, 3.8) is 0 Å². The van der Waals surface area contributed by atoms with Crippen LogP contribution in [-0.2, 0) is 9.47 Å². The van der Waals surface area contributed by atoms with E-state index in [0.717, 1.165) is 25.3 Å². The second kappa shape index (κ2) is 6.57. The van der Waals surface area contributed by atoms with E-state index < -0.39 is 0 Å². The normalized spacial score (nSPS) is 20.0. The highest BCUT2D eigenvalue weighted by Crippen LogP contribution is 2.21. The van der Waals surface area contributed by atoms with Gasteiger partial charge < -0.3 is 14.8 Å². The number of benzene rings is 1. The minimum atomic E-state index is -0.275. The van der Waals surface area contributed by atoms with Crippen molar-refractivity contribution in [2.75, 3.05) is 25.1 Å². The molecule has 0 bridgehead atoms. The zero-order valence-electron chi connectivity index (χ0n) is 11.5. The number of carbonyl (C=O) groups excluding carboxylic acids is 1. The van der Waals surface area contributed by atoms with Crippen molar-refractivity contribution in [2.45, 2.75) is 26.3 Å². The van der Waals surface area contributed by atoms with Gasteiger partial charge in [0.1, 0.15) is 0 Å². The molecule has 2 atom stereocenters. The second-order valence-corrected chi connectivity index (χ2v) is 4.86. The van der Waals surface area contributed by atoms with E-state index in [1.165, 1.54) is 0 Å². The van der Waals surface area contributed by atoms with Crippen LogP contribution in [0.25, 0.3) is 0 Å². The Morgan fingerprint density at radius 2 is 2.42 bits per heavy atom. The van der Waals surface area contributed by atoms with E-state index in [9.17, 15) is 4.79 Å². The van der Waals surface area contributed by atoms with Crippen LogP contribution in [0.3, 0.4) is 0 Å². The van der Waals surface area contributed by atoms with E-state index in [1.54, 1.807) is 6.07 Å². The Kier molecular flexibility index (Phi) is 4.80. The summed E-state index contributed by atoms with van der Waals surface area (Å²) in [6.07, 6.45) is 1.09. The molecule has 104 valence electrons. The lowest BCUT2D eigenvalue weighted by Crippen LogP contribution is -2.26. The molecule has 1 aromatic rings. The zero-order chi connectivity index (χ0) is 13.7. The molecule has 0 aromatic heterocycles. The Morgan fingerprint density at radius 3 is 3.11 bits per heavy atom. The van der Waals surface area contributed by atoms with E-state index in [2.05, 4.69) is 12.2 Å². The van der Waals surface area contributed by atoms with Gasteiger partial charge in [-0.1, -0.05) is 6.07 Å². The fraction of sp³-hybridized carbons (Fsp3) is 0.533. The van der Waals surface area contributed by atoms with Crippen molar-refractivity contribution in [1.82, 2.24) is 0 Å². The predicted octanol–water partition coefficient (Wildman–Crippen LogP) is 2.70. The highest BCUT2D eigenvalue weighted by molar-refractivity contribution is 5.90. The summed E-state index contributed by atoms with van der Waals surface area (Å²) in [7, 11) is 0. The number of carbonyl (C=O) groups is 1. The Labute approximate surface area is 114 Å². The maximum Gasteiger partial charge on any atom is 0.338 e. The van der Waals surface area contributed by atoms with E-state index in [0.29, 0.717) is 24.1 Å². The molecule has 1 saturated heterocycles. The Balaban J connectivity index is 2.00. The lowest BCUT2D eigenvalue weighted by atomic mass is 10.0. The molecule has 0 amide bonds. The first kappa shape index (κ1) is 13.9. The van der Waals surface area contributed by atoms with Gasteiger partial charge in [0.25, 0.3) is 0 Å². The molecular weight excluding hydrogens is 242 g/mol. The molecule has 0 radical (unpaired) electrons. The minimum absolute atomic E-state index is 0.275. The maximum atomic E-state index is 11.7. The summed E-state index contributed by atoms with van der Waals surface area (Å²) in [5.41, 5.74) is 1.53. The maximum absolute atomic E-state index is 11.7. The number of esters is 1. The number of rotatable bonds is 5. The van der Waals surface area contributed by atoms with Crippen molar-refractivity contribution in [3.8, 4) is 0 Å². The van der Waals surface area contributed by atoms with Gasteiger partial charge >= 0.3 is 5.97 Å². The molecule has 0 aliphatic carbocycles. The molecule has 1 aromatic carbocycles. The van der Waals surface area contributed by atoms with Gasteiger partial charge in [-0.05, 0) is 38.5 Å². The number of hydrogen-bond donors (Lipinski definition) is 1. The van der Waals surface area contributed by atoms with E-state index in [4.69, 9.17) is 9.47 Å². The molecule has 1 fully saturated rings. The standard InChI is InChI=1S/C15H21NO3/c1-3-19-15(17)12-5-4-6-14(9-12)16-11(2)13-7-8-18-10-13/h4-6,9,11,13,16H,3,7-8,10H2,1-2H3. The lowest BCUT2D eigenvalue weighted by Gasteiger charge is -2.20. The topological polar surface area (TPSA) is 47.6 Å². The quantitative estimate of drug-likeness (QED) is 0.830. The summed E-state index contributed by atoms with van der Waals surface area (Å²) in [6, 6.07) is 7.78. The minimum Gasteiger partial charge on any atom is -0.462 e. The highest BCUT2D eigenvalue weighted by atomic mass is 16.5. The van der Waals surface area contributed by atoms with Gasteiger partial charge in [0, 0.05) is 24.3 Å². The van der Waals surface area contributed by atoms with Gasteiger partial charge in [0.2, 0.25) is 0 Å². The summed E-state index contributed by atoms with van der Waals surface area (Å²) in [4.78, 5) is 11.7. The molecule has 1 heterocycles. The summed E-state index contributed by atoms with van der Waals surface area (Å²) in [6.45, 7) is 6.01. The van der Waals surface area contributed by atoms with Crippen LogP contribution >= 0.6 is 0 Å². The average Bonchev–Trinajstić information content (AvgIpc) is 2.93. The van der Waals surface area contributed by atoms with Gasteiger partial charge in [-0.2, -0.15) is 0 Å². The first-order chi connectivity index (χ1) is 9.20. The van der Waals surface area contributed by atoms with Crippen LogP contribution in [-0.4, -0.2) is 31.8 Å². The number of ether oxygens (including phenoxy) is 2. The summed E-state index contributed by atoms with van der Waals surface area (Å²) >= 11 is 0. The monoisotopic (exact) mass is 263 g/mol. The molecular formula is C15H21NO3. The molecule has 0 spiro atoms. The molecule has 1 aliphatic rings. The van der Waals surface area contributed by atoms with Crippen LogP contribution in [0.1, 0.15) is 30.6 Å².